The lowest BCUT2D eigenvalue weighted by Gasteiger charge is -2.40. The fraction of sp³-hybridized carbons (Fsp3) is 0.433. The third-order valence-electron chi connectivity index (χ3n) is 7.31. The number of benzene rings is 2. The highest BCUT2D eigenvalue weighted by atomic mass is 19.1. The third kappa shape index (κ3) is 6.30. The predicted octanol–water partition coefficient (Wildman–Crippen LogP) is 4.31. The number of nitrogens with zero attached hydrogens (tertiary/aromatic N) is 3. The molecule has 0 bridgehead atoms. The SMILES string of the molecule is CCOC(=O)C1=C(CN2CCN(C(=O)c3ccc(F)cc3)CC2)N(CC)C(=O)NC1c1ccc(C(C)C)cc1. The fourth-order valence-corrected chi connectivity index (χ4v) is 5.08. The molecule has 0 radical (unpaired) electrons. The Kier molecular flexibility index (Phi) is 9.01. The van der Waals surface area contributed by atoms with Gasteiger partial charge in [0.25, 0.3) is 5.91 Å². The van der Waals surface area contributed by atoms with Crippen LogP contribution in [-0.4, -0.2) is 78.5 Å². The lowest BCUT2D eigenvalue weighted by molar-refractivity contribution is -0.139. The van der Waals surface area contributed by atoms with Gasteiger partial charge in [0.2, 0.25) is 0 Å². The van der Waals surface area contributed by atoms with Gasteiger partial charge in [0.05, 0.1) is 18.2 Å². The van der Waals surface area contributed by atoms with Crippen LogP contribution >= 0.6 is 0 Å². The van der Waals surface area contributed by atoms with Crippen molar-refractivity contribution in [3.05, 3.63) is 82.3 Å². The second kappa shape index (κ2) is 12.4. The molecule has 2 aromatic rings. The number of amides is 3. The Bertz CT molecular complexity index is 1220. The number of hydrogen-bond donors (Lipinski definition) is 1. The van der Waals surface area contributed by atoms with Gasteiger partial charge in [-0.05, 0) is 55.2 Å². The first-order valence-electron chi connectivity index (χ1n) is 13.6. The molecule has 1 saturated heterocycles. The second-order valence-corrected chi connectivity index (χ2v) is 10.1. The summed E-state index contributed by atoms with van der Waals surface area (Å²) in [5.41, 5.74) is 3.49. The van der Waals surface area contributed by atoms with Gasteiger partial charge in [-0.15, -0.1) is 0 Å². The van der Waals surface area contributed by atoms with Crippen molar-refractivity contribution in [1.82, 2.24) is 20.0 Å². The van der Waals surface area contributed by atoms with Gasteiger partial charge in [-0.3, -0.25) is 14.6 Å². The van der Waals surface area contributed by atoms with Gasteiger partial charge in [0.15, 0.2) is 0 Å². The number of likely N-dealkylation sites (N-methyl/N-ethyl adjacent to an activating group) is 1. The Morgan fingerprint density at radius 1 is 1.00 bits per heavy atom. The van der Waals surface area contributed by atoms with E-state index >= 15 is 0 Å². The molecule has 0 spiro atoms. The van der Waals surface area contributed by atoms with Gasteiger partial charge in [-0.1, -0.05) is 38.1 Å². The number of hydrogen-bond acceptors (Lipinski definition) is 5. The van der Waals surface area contributed by atoms with Gasteiger partial charge in [0, 0.05) is 50.5 Å². The Balaban J connectivity index is 1.59. The molecule has 2 aliphatic rings. The second-order valence-electron chi connectivity index (χ2n) is 10.1. The monoisotopic (exact) mass is 536 g/mol. The van der Waals surface area contributed by atoms with Crippen molar-refractivity contribution in [2.75, 3.05) is 45.9 Å². The first kappa shape index (κ1) is 28.3. The summed E-state index contributed by atoms with van der Waals surface area (Å²) in [5.74, 6) is -0.611. The summed E-state index contributed by atoms with van der Waals surface area (Å²) in [5, 5.41) is 3.01. The first-order valence-corrected chi connectivity index (χ1v) is 13.6. The van der Waals surface area contributed by atoms with E-state index in [9.17, 15) is 18.8 Å². The van der Waals surface area contributed by atoms with Crippen LogP contribution in [0.5, 0.6) is 0 Å². The molecule has 2 aromatic carbocycles. The number of ether oxygens (including phenoxy) is 1. The van der Waals surface area contributed by atoms with Crippen LogP contribution in [0.2, 0.25) is 0 Å². The Hall–Kier alpha value is -3.72. The molecule has 2 aliphatic heterocycles. The van der Waals surface area contributed by atoms with E-state index in [2.05, 4.69) is 24.1 Å². The molecule has 2 heterocycles. The van der Waals surface area contributed by atoms with E-state index < -0.39 is 12.0 Å². The zero-order chi connectivity index (χ0) is 28.1. The van der Waals surface area contributed by atoms with Crippen molar-refractivity contribution < 1.29 is 23.5 Å². The van der Waals surface area contributed by atoms with Crippen LogP contribution in [0, 0.1) is 5.82 Å². The molecule has 1 N–H and O–H groups in total. The van der Waals surface area contributed by atoms with E-state index in [1.54, 1.807) is 16.7 Å². The van der Waals surface area contributed by atoms with Crippen LogP contribution in [0.15, 0.2) is 59.8 Å². The smallest absolute Gasteiger partial charge is 0.338 e. The molecule has 4 rings (SSSR count). The highest BCUT2D eigenvalue weighted by Gasteiger charge is 2.38. The van der Waals surface area contributed by atoms with Gasteiger partial charge in [-0.2, -0.15) is 0 Å². The number of urea groups is 1. The molecule has 1 fully saturated rings. The summed E-state index contributed by atoms with van der Waals surface area (Å²) in [4.78, 5) is 44.9. The highest BCUT2D eigenvalue weighted by molar-refractivity contribution is 5.95. The number of carbonyl (C=O) groups is 3. The Labute approximate surface area is 229 Å². The molecule has 39 heavy (non-hydrogen) atoms. The minimum atomic E-state index is -0.628. The van der Waals surface area contributed by atoms with Crippen molar-refractivity contribution in [2.24, 2.45) is 0 Å². The van der Waals surface area contributed by atoms with Crippen LogP contribution in [0.3, 0.4) is 0 Å². The van der Waals surface area contributed by atoms with Crippen molar-refractivity contribution >= 4 is 17.9 Å². The summed E-state index contributed by atoms with van der Waals surface area (Å²) in [7, 11) is 0. The summed E-state index contributed by atoms with van der Waals surface area (Å²) < 4.78 is 18.8. The molecule has 1 unspecified atom stereocenters. The van der Waals surface area contributed by atoms with Crippen molar-refractivity contribution in [3.63, 3.8) is 0 Å². The average Bonchev–Trinajstić information content (AvgIpc) is 2.93. The van der Waals surface area contributed by atoms with Crippen LogP contribution in [-0.2, 0) is 9.53 Å². The van der Waals surface area contributed by atoms with E-state index in [0.717, 1.165) is 5.56 Å². The molecule has 1 atom stereocenters. The molecule has 208 valence electrons. The lowest BCUT2D eigenvalue weighted by atomic mass is 9.92. The molecule has 0 aliphatic carbocycles. The first-order chi connectivity index (χ1) is 18.7. The van der Waals surface area contributed by atoms with Crippen LogP contribution in [0.4, 0.5) is 9.18 Å². The maximum atomic E-state index is 13.3. The number of rotatable bonds is 8. The van der Waals surface area contributed by atoms with Gasteiger partial charge < -0.3 is 15.0 Å². The van der Waals surface area contributed by atoms with Crippen LogP contribution in [0.25, 0.3) is 0 Å². The van der Waals surface area contributed by atoms with Crippen LogP contribution < -0.4 is 5.32 Å². The van der Waals surface area contributed by atoms with E-state index in [4.69, 9.17) is 4.74 Å². The quantitative estimate of drug-likeness (QED) is 0.509. The maximum Gasteiger partial charge on any atom is 0.338 e. The number of carbonyl (C=O) groups excluding carboxylic acids is 3. The normalized spacial score (nSPS) is 18.4. The summed E-state index contributed by atoms with van der Waals surface area (Å²) >= 11 is 0. The number of esters is 1. The molecule has 0 saturated carbocycles. The molecule has 0 aromatic heterocycles. The summed E-state index contributed by atoms with van der Waals surface area (Å²) in [6, 6.07) is 12.6. The molecule has 9 heteroatoms. The summed E-state index contributed by atoms with van der Waals surface area (Å²) in [6.45, 7) is 11.0. The average molecular weight is 537 g/mol. The van der Waals surface area contributed by atoms with E-state index in [-0.39, 0.29) is 24.4 Å². The zero-order valence-electron chi connectivity index (χ0n) is 23.1. The number of piperazine rings is 1. The van der Waals surface area contributed by atoms with Crippen molar-refractivity contribution in [2.45, 2.75) is 39.7 Å². The lowest BCUT2D eigenvalue weighted by Crippen LogP contribution is -2.53. The predicted molar refractivity (Wildman–Crippen MR) is 147 cm³/mol. The Morgan fingerprint density at radius 2 is 1.64 bits per heavy atom. The van der Waals surface area contributed by atoms with Gasteiger partial charge in [0.1, 0.15) is 5.82 Å². The van der Waals surface area contributed by atoms with E-state index in [1.165, 1.54) is 29.8 Å². The summed E-state index contributed by atoms with van der Waals surface area (Å²) in [6.07, 6.45) is 0. The largest absolute Gasteiger partial charge is 0.463 e. The van der Waals surface area contributed by atoms with Crippen molar-refractivity contribution in [3.8, 4) is 0 Å². The van der Waals surface area contributed by atoms with Crippen LogP contribution in [0.1, 0.15) is 61.1 Å². The Morgan fingerprint density at radius 3 is 2.21 bits per heavy atom. The third-order valence-corrected chi connectivity index (χ3v) is 7.31. The van der Waals surface area contributed by atoms with Crippen molar-refractivity contribution in [1.29, 1.82) is 0 Å². The number of nitrogens with one attached hydrogen (secondary N) is 1. The van der Waals surface area contributed by atoms with Gasteiger partial charge >= 0.3 is 12.0 Å². The highest BCUT2D eigenvalue weighted by Crippen LogP contribution is 2.33. The minimum Gasteiger partial charge on any atom is -0.463 e. The number of halogens is 1. The molecule has 3 amide bonds. The fourth-order valence-electron chi connectivity index (χ4n) is 5.08. The standard InChI is InChI=1S/C30H37FN4O4/c1-5-35-25(19-33-15-17-34(18-16-33)28(36)23-11-13-24(31)14-12-23)26(29(37)39-6-2)27(32-30(35)38)22-9-7-21(8-10-22)20(3)4/h7-14,20,27H,5-6,15-19H2,1-4H3,(H,32,38). The van der Waals surface area contributed by atoms with E-state index in [0.29, 0.717) is 62.0 Å². The molecular weight excluding hydrogens is 499 g/mol. The van der Waals surface area contributed by atoms with Gasteiger partial charge in [-0.25, -0.2) is 14.0 Å². The topological polar surface area (TPSA) is 82.2 Å². The maximum absolute atomic E-state index is 13.3. The molecular formula is C30H37FN4O4. The zero-order valence-corrected chi connectivity index (χ0v) is 23.1. The minimum absolute atomic E-state index is 0.141. The molecule has 8 nitrogen and oxygen atoms in total. The van der Waals surface area contributed by atoms with E-state index in [1.807, 2.05) is 31.2 Å².